The molecule has 2 aromatic carbocycles. The molecule has 0 spiro atoms. The van der Waals surface area contributed by atoms with Gasteiger partial charge in [-0.05, 0) is 49.2 Å². The zero-order chi connectivity index (χ0) is 28.1. The molecule has 0 aliphatic carbocycles. The Morgan fingerprint density at radius 2 is 1.62 bits per heavy atom. The lowest BCUT2D eigenvalue weighted by Crippen LogP contribution is -2.52. The van der Waals surface area contributed by atoms with E-state index in [4.69, 9.17) is 34.8 Å². The molecule has 1 atom stereocenters. The molecule has 1 N–H and O–H groups in total. The van der Waals surface area contributed by atoms with Crippen molar-refractivity contribution in [1.29, 1.82) is 0 Å². The molecule has 37 heavy (non-hydrogen) atoms. The molecule has 2 aromatic rings. The summed E-state index contributed by atoms with van der Waals surface area (Å²) >= 11 is 18.1. The first-order valence-corrected chi connectivity index (χ1v) is 13.9. The average Bonchev–Trinajstić information content (AvgIpc) is 2.78. The number of nitrogens with one attached hydrogen (secondary N) is 1. The Bertz CT molecular complexity index is 1260. The van der Waals surface area contributed by atoms with Crippen LogP contribution in [0.2, 0.25) is 15.1 Å². The minimum Gasteiger partial charge on any atom is -0.355 e. The molecule has 0 saturated heterocycles. The van der Waals surface area contributed by atoms with Crippen LogP contribution >= 0.6 is 34.8 Å². The van der Waals surface area contributed by atoms with Crippen LogP contribution in [0.15, 0.2) is 36.4 Å². The lowest BCUT2D eigenvalue weighted by molar-refractivity contribution is -0.140. The lowest BCUT2D eigenvalue weighted by atomic mass is 10.1. The molecule has 0 radical (unpaired) electrons. The quantitative estimate of drug-likeness (QED) is 0.396. The van der Waals surface area contributed by atoms with Crippen molar-refractivity contribution < 1.29 is 31.2 Å². The summed E-state index contributed by atoms with van der Waals surface area (Å²) < 4.78 is 65.7. The van der Waals surface area contributed by atoms with Crippen molar-refractivity contribution in [3.63, 3.8) is 0 Å². The van der Waals surface area contributed by atoms with E-state index in [-0.39, 0.29) is 34.6 Å². The number of carbonyl (C=O) groups excluding carboxylic acids is 2. The van der Waals surface area contributed by atoms with Crippen LogP contribution < -0.4 is 9.62 Å². The van der Waals surface area contributed by atoms with Gasteiger partial charge in [0, 0.05) is 13.1 Å². The number of rotatable bonds is 10. The van der Waals surface area contributed by atoms with Crippen molar-refractivity contribution >= 4 is 62.3 Å². The Morgan fingerprint density at radius 3 is 2.14 bits per heavy atom. The van der Waals surface area contributed by atoms with Gasteiger partial charge in [-0.1, -0.05) is 47.8 Å². The van der Waals surface area contributed by atoms with E-state index >= 15 is 0 Å². The van der Waals surface area contributed by atoms with Crippen molar-refractivity contribution in [3.8, 4) is 0 Å². The molecular weight excluding hydrogens is 578 g/mol. The molecule has 0 aliphatic rings. The summed E-state index contributed by atoms with van der Waals surface area (Å²) in [5.41, 5.74) is -1.17. The summed E-state index contributed by atoms with van der Waals surface area (Å²) in [6, 6.07) is 5.72. The van der Waals surface area contributed by atoms with Crippen LogP contribution in [0.1, 0.15) is 31.4 Å². The molecule has 0 saturated carbocycles. The van der Waals surface area contributed by atoms with Gasteiger partial charge in [0.1, 0.15) is 12.6 Å². The zero-order valence-corrected chi connectivity index (χ0v) is 23.2. The predicted octanol–water partition coefficient (Wildman–Crippen LogP) is 5.38. The summed E-state index contributed by atoms with van der Waals surface area (Å²) in [5.74, 6) is -1.33. The number of hydrogen-bond acceptors (Lipinski definition) is 4. The molecule has 1 unspecified atom stereocenters. The van der Waals surface area contributed by atoms with Gasteiger partial charge in [-0.15, -0.1) is 0 Å². The van der Waals surface area contributed by atoms with Gasteiger partial charge >= 0.3 is 6.18 Å². The molecule has 2 rings (SSSR count). The summed E-state index contributed by atoms with van der Waals surface area (Å²) in [6.07, 6.45) is -3.87. The smallest absolute Gasteiger partial charge is 0.355 e. The van der Waals surface area contributed by atoms with E-state index in [0.717, 1.165) is 17.2 Å². The maximum absolute atomic E-state index is 13.5. The number of nitrogens with zero attached hydrogens (tertiary/aromatic N) is 2. The third kappa shape index (κ3) is 8.13. The number of anilines is 1. The minimum absolute atomic E-state index is 0.153. The topological polar surface area (TPSA) is 86.8 Å². The third-order valence-electron chi connectivity index (χ3n) is 5.30. The lowest BCUT2D eigenvalue weighted by Gasteiger charge is -2.33. The van der Waals surface area contributed by atoms with Crippen LogP contribution in [0.5, 0.6) is 0 Å². The van der Waals surface area contributed by atoms with Gasteiger partial charge in [0.05, 0.1) is 32.6 Å². The van der Waals surface area contributed by atoms with E-state index in [2.05, 4.69) is 5.32 Å². The van der Waals surface area contributed by atoms with Crippen molar-refractivity contribution in [2.45, 2.75) is 39.0 Å². The third-order valence-corrected chi connectivity index (χ3v) is 7.48. The molecule has 2 amide bonds. The van der Waals surface area contributed by atoms with Crippen LogP contribution in [0.3, 0.4) is 0 Å². The number of carbonyl (C=O) groups is 2. The van der Waals surface area contributed by atoms with Crippen molar-refractivity contribution in [1.82, 2.24) is 10.2 Å². The molecule has 0 aliphatic heterocycles. The second-order valence-electron chi connectivity index (χ2n) is 8.02. The van der Waals surface area contributed by atoms with Crippen LogP contribution in [0.25, 0.3) is 0 Å². The fourth-order valence-electron chi connectivity index (χ4n) is 3.52. The molecule has 0 aromatic heterocycles. The Morgan fingerprint density at radius 1 is 1.00 bits per heavy atom. The second kappa shape index (κ2) is 12.6. The standard InChI is InChI=1S/C23H25Cl3F3N3O4S/c1-4-19(22(34)30-5-2)31(12-14-6-8-16(24)18(26)10-14)21(33)13-32(37(3,35)36)20-11-15(23(27,28)29)7-9-17(20)25/h6-11,19H,4-5,12-13H2,1-3H3,(H,30,34). The Hall–Kier alpha value is -2.21. The number of likely N-dealkylation sites (N-methyl/N-ethyl adjacent to an activating group) is 1. The molecule has 204 valence electrons. The second-order valence-corrected chi connectivity index (χ2v) is 11.2. The number of benzene rings is 2. The van der Waals surface area contributed by atoms with E-state index in [1.165, 1.54) is 12.1 Å². The van der Waals surface area contributed by atoms with Crippen molar-refractivity contribution in [2.75, 3.05) is 23.7 Å². The normalized spacial score (nSPS) is 12.7. The first-order valence-electron chi connectivity index (χ1n) is 11.0. The Kier molecular flexibility index (Phi) is 10.5. The van der Waals surface area contributed by atoms with Crippen LogP contribution in [-0.2, 0) is 32.3 Å². The van der Waals surface area contributed by atoms with Crippen molar-refractivity contribution in [3.05, 3.63) is 62.6 Å². The molecule has 0 bridgehead atoms. The van der Waals surface area contributed by atoms with E-state index in [0.29, 0.717) is 22.0 Å². The fraction of sp³-hybridized carbons (Fsp3) is 0.391. The Balaban J connectivity index is 2.56. The minimum atomic E-state index is -4.78. The highest BCUT2D eigenvalue weighted by atomic mass is 35.5. The van der Waals surface area contributed by atoms with Gasteiger partial charge in [-0.3, -0.25) is 13.9 Å². The van der Waals surface area contributed by atoms with Gasteiger partial charge in [-0.2, -0.15) is 13.2 Å². The van der Waals surface area contributed by atoms with Gasteiger partial charge in [0.2, 0.25) is 21.8 Å². The van der Waals surface area contributed by atoms with Crippen LogP contribution in [0, 0.1) is 0 Å². The van der Waals surface area contributed by atoms with E-state index in [1.807, 2.05) is 0 Å². The highest BCUT2D eigenvalue weighted by Crippen LogP contribution is 2.36. The number of hydrogen-bond donors (Lipinski definition) is 1. The molecule has 0 heterocycles. The molecule has 7 nitrogen and oxygen atoms in total. The fourth-order valence-corrected chi connectivity index (χ4v) is 4.96. The largest absolute Gasteiger partial charge is 0.416 e. The summed E-state index contributed by atoms with van der Waals surface area (Å²) in [5, 5.41) is 2.79. The number of sulfonamides is 1. The van der Waals surface area contributed by atoms with Gasteiger partial charge in [0.15, 0.2) is 0 Å². The van der Waals surface area contributed by atoms with E-state index in [1.54, 1.807) is 19.9 Å². The highest BCUT2D eigenvalue weighted by molar-refractivity contribution is 7.92. The maximum Gasteiger partial charge on any atom is 0.416 e. The van der Waals surface area contributed by atoms with Gasteiger partial charge in [-0.25, -0.2) is 8.42 Å². The van der Waals surface area contributed by atoms with E-state index < -0.39 is 51.9 Å². The maximum atomic E-state index is 13.5. The van der Waals surface area contributed by atoms with Gasteiger partial charge < -0.3 is 10.2 Å². The number of halogens is 6. The van der Waals surface area contributed by atoms with Gasteiger partial charge in [0.25, 0.3) is 0 Å². The highest BCUT2D eigenvalue weighted by Gasteiger charge is 2.35. The zero-order valence-electron chi connectivity index (χ0n) is 20.1. The van der Waals surface area contributed by atoms with Crippen molar-refractivity contribution in [2.24, 2.45) is 0 Å². The SMILES string of the molecule is CCNC(=O)C(CC)N(Cc1ccc(Cl)c(Cl)c1)C(=O)CN(c1cc(C(F)(F)F)ccc1Cl)S(C)(=O)=O. The summed E-state index contributed by atoms with van der Waals surface area (Å²) in [6.45, 7) is 2.57. The van der Waals surface area contributed by atoms with Crippen LogP contribution in [0.4, 0.5) is 18.9 Å². The number of amides is 2. The molecule has 14 heteroatoms. The molecule has 0 fully saturated rings. The Labute approximate surface area is 228 Å². The first kappa shape index (κ1) is 31.0. The summed E-state index contributed by atoms with van der Waals surface area (Å²) in [7, 11) is -4.28. The average molecular weight is 603 g/mol. The molecular formula is C23H25Cl3F3N3O4S. The monoisotopic (exact) mass is 601 g/mol. The number of alkyl halides is 3. The van der Waals surface area contributed by atoms with E-state index in [9.17, 15) is 31.2 Å². The predicted molar refractivity (Wildman–Crippen MR) is 138 cm³/mol. The van der Waals surface area contributed by atoms with Crippen LogP contribution in [-0.4, -0.2) is 50.5 Å². The first-order chi connectivity index (χ1) is 17.1. The summed E-state index contributed by atoms with van der Waals surface area (Å²) in [4.78, 5) is 27.5.